The highest BCUT2D eigenvalue weighted by molar-refractivity contribution is 6.25. The van der Waals surface area contributed by atoms with Crippen molar-refractivity contribution in [3.05, 3.63) is 60.2 Å². The third kappa shape index (κ3) is 2.39. The zero-order valence-corrected chi connectivity index (χ0v) is 10.3. The highest BCUT2D eigenvalue weighted by Gasteiger charge is 2.23. The van der Waals surface area contributed by atoms with Gasteiger partial charge in [0.15, 0.2) is 0 Å². The molecule has 3 rings (SSSR count). The maximum atomic E-state index is 11.6. The van der Waals surface area contributed by atoms with E-state index < -0.39 is 0 Å². The second kappa shape index (κ2) is 5.46. The molecule has 0 aromatic heterocycles. The molecule has 4 heteroatoms. The smallest absolute Gasteiger partial charge is 0.258 e. The van der Waals surface area contributed by atoms with Gasteiger partial charge in [0.05, 0.1) is 0 Å². The third-order valence-corrected chi connectivity index (χ3v) is 2.79. The van der Waals surface area contributed by atoms with E-state index in [4.69, 9.17) is 5.73 Å². The molecule has 0 spiro atoms. The molecular weight excluding hydrogens is 240 g/mol. The molecule has 2 aromatic rings. The van der Waals surface area contributed by atoms with Crippen molar-refractivity contribution >= 4 is 22.6 Å². The molecule has 4 nitrogen and oxygen atoms in total. The fourth-order valence-corrected chi connectivity index (χ4v) is 1.96. The van der Waals surface area contributed by atoms with Crippen molar-refractivity contribution in [3.63, 3.8) is 0 Å². The Morgan fingerprint density at radius 1 is 1.05 bits per heavy atom. The number of carbonyl (C=O) groups excluding carboxylic acids is 2. The molecule has 0 radical (unpaired) electrons. The summed E-state index contributed by atoms with van der Waals surface area (Å²) in [6.07, 6.45) is 1.65. The van der Waals surface area contributed by atoms with Gasteiger partial charge in [-0.05, 0) is 17.5 Å². The lowest BCUT2D eigenvalue weighted by molar-refractivity contribution is 0.0845. The Balaban J connectivity index is 0.000000297. The molecule has 1 heterocycles. The van der Waals surface area contributed by atoms with Crippen molar-refractivity contribution in [2.24, 2.45) is 5.73 Å². The quantitative estimate of drug-likeness (QED) is 0.602. The molecule has 19 heavy (non-hydrogen) atoms. The van der Waals surface area contributed by atoms with Crippen LogP contribution in [0.3, 0.4) is 0 Å². The Labute approximate surface area is 110 Å². The molecular formula is C15H14N2O2. The van der Waals surface area contributed by atoms with Gasteiger partial charge in [0.25, 0.3) is 11.8 Å². The van der Waals surface area contributed by atoms with Crippen LogP contribution >= 0.6 is 0 Å². The minimum atomic E-state index is -0.315. The topological polar surface area (TPSA) is 72.2 Å². The Morgan fingerprint density at radius 3 is 1.95 bits per heavy atom. The number of hydrogen-bond donors (Lipinski definition) is 2. The third-order valence-electron chi connectivity index (χ3n) is 2.79. The summed E-state index contributed by atoms with van der Waals surface area (Å²) >= 11 is 0. The minimum absolute atomic E-state index is 0.315. The first-order valence-electron chi connectivity index (χ1n) is 5.87. The Bertz CT molecular complexity index is 613. The minimum Gasteiger partial charge on any atom is -0.327 e. The number of rotatable bonds is 1. The van der Waals surface area contributed by atoms with Crippen molar-refractivity contribution < 1.29 is 9.59 Å². The molecule has 0 atom stereocenters. The molecule has 3 N–H and O–H groups in total. The molecule has 0 fully saturated rings. The molecule has 0 aliphatic carbocycles. The normalized spacial score (nSPS) is 12.5. The number of nitrogens with two attached hydrogens (primary N) is 1. The van der Waals surface area contributed by atoms with Gasteiger partial charge in [-0.15, -0.1) is 6.58 Å². The Hall–Kier alpha value is -2.46. The zero-order valence-electron chi connectivity index (χ0n) is 10.3. The van der Waals surface area contributed by atoms with Gasteiger partial charge in [-0.2, -0.15) is 0 Å². The van der Waals surface area contributed by atoms with Crippen LogP contribution in [0.25, 0.3) is 10.8 Å². The van der Waals surface area contributed by atoms with Gasteiger partial charge in [0.1, 0.15) is 0 Å². The second-order valence-corrected chi connectivity index (χ2v) is 4.02. The molecule has 0 bridgehead atoms. The van der Waals surface area contributed by atoms with Crippen LogP contribution in [0.4, 0.5) is 0 Å². The van der Waals surface area contributed by atoms with Gasteiger partial charge >= 0.3 is 0 Å². The van der Waals surface area contributed by atoms with Gasteiger partial charge in [-0.25, -0.2) is 0 Å². The number of benzene rings is 2. The maximum absolute atomic E-state index is 11.6. The number of hydrogen-bond acceptors (Lipinski definition) is 3. The van der Waals surface area contributed by atoms with Gasteiger partial charge in [-0.1, -0.05) is 30.3 Å². The van der Waals surface area contributed by atoms with Crippen molar-refractivity contribution in [2.45, 2.75) is 0 Å². The molecule has 2 amide bonds. The molecule has 0 saturated carbocycles. The summed E-state index contributed by atoms with van der Waals surface area (Å²) in [5, 5.41) is 4.00. The van der Waals surface area contributed by atoms with E-state index in [0.717, 1.165) is 10.8 Å². The Kier molecular flexibility index (Phi) is 3.73. The SMILES string of the molecule is C=CCN.O=C1NC(=O)c2cccc3cccc1c23. The van der Waals surface area contributed by atoms with Crippen LogP contribution in [-0.2, 0) is 0 Å². The van der Waals surface area contributed by atoms with Crippen molar-refractivity contribution in [2.75, 3.05) is 6.54 Å². The lowest BCUT2D eigenvalue weighted by Gasteiger charge is -2.15. The number of carbonyl (C=O) groups is 2. The molecule has 0 unspecified atom stereocenters. The fraction of sp³-hybridized carbons (Fsp3) is 0.0667. The summed E-state index contributed by atoms with van der Waals surface area (Å²) in [6, 6.07) is 10.9. The summed E-state index contributed by atoms with van der Waals surface area (Å²) in [7, 11) is 0. The molecule has 1 aliphatic heterocycles. The van der Waals surface area contributed by atoms with E-state index in [1.54, 1.807) is 18.2 Å². The van der Waals surface area contributed by atoms with Gasteiger partial charge in [-0.3, -0.25) is 14.9 Å². The molecule has 2 aromatic carbocycles. The van der Waals surface area contributed by atoms with Crippen molar-refractivity contribution in [1.29, 1.82) is 0 Å². The number of amides is 2. The molecule has 1 aliphatic rings. The van der Waals surface area contributed by atoms with Crippen LogP contribution in [0.2, 0.25) is 0 Å². The molecule has 0 saturated heterocycles. The summed E-state index contributed by atoms with van der Waals surface area (Å²) in [5.41, 5.74) is 6.05. The maximum Gasteiger partial charge on any atom is 0.258 e. The number of imide groups is 1. The van der Waals surface area contributed by atoms with Gasteiger partial charge in [0.2, 0.25) is 0 Å². The highest BCUT2D eigenvalue weighted by Crippen LogP contribution is 2.25. The number of nitrogens with one attached hydrogen (secondary N) is 1. The van der Waals surface area contributed by atoms with E-state index in [1.807, 2.05) is 24.3 Å². The van der Waals surface area contributed by atoms with E-state index in [-0.39, 0.29) is 11.8 Å². The average Bonchev–Trinajstić information content (AvgIpc) is 2.45. The first-order valence-corrected chi connectivity index (χ1v) is 5.87. The zero-order chi connectivity index (χ0) is 13.8. The van der Waals surface area contributed by atoms with Crippen LogP contribution in [0.5, 0.6) is 0 Å². The lowest BCUT2D eigenvalue weighted by atomic mass is 9.95. The summed E-state index contributed by atoms with van der Waals surface area (Å²) in [4.78, 5) is 23.1. The fourth-order valence-electron chi connectivity index (χ4n) is 1.96. The second-order valence-electron chi connectivity index (χ2n) is 4.02. The average molecular weight is 254 g/mol. The van der Waals surface area contributed by atoms with Crippen LogP contribution in [0.15, 0.2) is 49.1 Å². The largest absolute Gasteiger partial charge is 0.327 e. The van der Waals surface area contributed by atoms with Crippen molar-refractivity contribution in [3.8, 4) is 0 Å². The predicted molar refractivity (Wildman–Crippen MR) is 75.0 cm³/mol. The standard InChI is InChI=1S/C12H7NO2.C3H7N/c14-11-8-5-1-3-7-4-2-6-9(10(7)8)12(15)13-11;1-2-3-4/h1-6H,(H,13,14,15);2H,1,3-4H2. The van der Waals surface area contributed by atoms with Crippen LogP contribution < -0.4 is 11.1 Å². The van der Waals surface area contributed by atoms with E-state index >= 15 is 0 Å². The van der Waals surface area contributed by atoms with Crippen LogP contribution in [0, 0.1) is 0 Å². The lowest BCUT2D eigenvalue weighted by Crippen LogP contribution is -2.34. The highest BCUT2D eigenvalue weighted by atomic mass is 16.2. The van der Waals surface area contributed by atoms with Crippen LogP contribution in [-0.4, -0.2) is 18.4 Å². The predicted octanol–water partition coefficient (Wildman–Crippen LogP) is 1.85. The van der Waals surface area contributed by atoms with Crippen LogP contribution in [0.1, 0.15) is 20.7 Å². The first-order chi connectivity index (χ1) is 9.19. The molecule has 96 valence electrons. The van der Waals surface area contributed by atoms with E-state index in [1.165, 1.54) is 0 Å². The summed E-state index contributed by atoms with van der Waals surface area (Å²) < 4.78 is 0. The summed E-state index contributed by atoms with van der Waals surface area (Å²) in [5.74, 6) is -0.631. The monoisotopic (exact) mass is 254 g/mol. The summed E-state index contributed by atoms with van der Waals surface area (Å²) in [6.45, 7) is 3.94. The van der Waals surface area contributed by atoms with Gasteiger partial charge < -0.3 is 5.73 Å². The van der Waals surface area contributed by atoms with E-state index in [9.17, 15) is 9.59 Å². The van der Waals surface area contributed by atoms with Crippen molar-refractivity contribution in [1.82, 2.24) is 5.32 Å². The van der Waals surface area contributed by atoms with E-state index in [0.29, 0.717) is 17.7 Å². The first kappa shape index (κ1) is 13.0. The Morgan fingerprint density at radius 2 is 1.53 bits per heavy atom. The van der Waals surface area contributed by atoms with E-state index in [2.05, 4.69) is 11.9 Å². The van der Waals surface area contributed by atoms with Gasteiger partial charge in [0, 0.05) is 23.1 Å².